The van der Waals surface area contributed by atoms with Crippen molar-refractivity contribution >= 4 is 11.8 Å². The van der Waals surface area contributed by atoms with E-state index in [4.69, 9.17) is 10.2 Å². The van der Waals surface area contributed by atoms with Gasteiger partial charge in [-0.2, -0.15) is 11.8 Å². The summed E-state index contributed by atoms with van der Waals surface area (Å²) < 4.78 is 5.42. The molecule has 3 unspecified atom stereocenters. The van der Waals surface area contributed by atoms with E-state index in [9.17, 15) is 5.11 Å². The highest BCUT2D eigenvalue weighted by molar-refractivity contribution is 7.99. The molecule has 5 rings (SSSR count). The summed E-state index contributed by atoms with van der Waals surface area (Å²) in [5, 5.41) is 13.1. The fraction of sp³-hybridized carbons (Fsp3) is 0.840. The molecule has 3 N–H and O–H groups in total. The maximum absolute atomic E-state index is 12.3. The van der Waals surface area contributed by atoms with Crippen molar-refractivity contribution in [1.82, 2.24) is 0 Å². The maximum Gasteiger partial charge on any atom is 0.0937 e. The molecule has 0 aliphatic heterocycles. The van der Waals surface area contributed by atoms with Gasteiger partial charge in [0.1, 0.15) is 0 Å². The summed E-state index contributed by atoms with van der Waals surface area (Å²) in [5.41, 5.74) is 6.98. The quantitative estimate of drug-likeness (QED) is 0.671. The predicted octanol–water partition coefficient (Wildman–Crippen LogP) is 5.58. The summed E-state index contributed by atoms with van der Waals surface area (Å²) in [6, 6.07) is 2.13. The van der Waals surface area contributed by atoms with Gasteiger partial charge in [0, 0.05) is 23.0 Å². The van der Waals surface area contributed by atoms with Crippen LogP contribution in [0.4, 0.5) is 0 Å². The lowest BCUT2D eigenvalue weighted by atomic mass is 9.43. The molecule has 3 nitrogen and oxygen atoms in total. The highest BCUT2D eigenvalue weighted by Gasteiger charge is 2.67. The molecular formula is C25H39NO2S. The number of nitrogens with two attached hydrogens (primary N) is 1. The zero-order valence-corrected chi connectivity index (χ0v) is 19.1. The second kappa shape index (κ2) is 7.31. The van der Waals surface area contributed by atoms with Crippen LogP contribution in [0, 0.1) is 28.6 Å². The normalized spacial score (nSPS) is 49.3. The number of hydrogen-bond donors (Lipinski definition) is 2. The molecule has 4 fully saturated rings. The molecule has 162 valence electrons. The lowest BCUT2D eigenvalue weighted by molar-refractivity contribution is -0.200. The van der Waals surface area contributed by atoms with E-state index < -0.39 is 5.60 Å². The first kappa shape index (κ1) is 20.5. The van der Waals surface area contributed by atoms with Crippen molar-refractivity contribution in [3.8, 4) is 0 Å². The first-order chi connectivity index (χ1) is 13.9. The summed E-state index contributed by atoms with van der Waals surface area (Å²) in [6.45, 7) is 5.78. The average molecular weight is 418 g/mol. The highest BCUT2D eigenvalue weighted by Crippen LogP contribution is 2.70. The number of thioether (sulfide) groups is 1. The Labute approximate surface area is 180 Å². The molecule has 0 bridgehead atoms. The van der Waals surface area contributed by atoms with Crippen molar-refractivity contribution in [2.45, 2.75) is 88.4 Å². The van der Waals surface area contributed by atoms with Gasteiger partial charge in [-0.15, -0.1) is 0 Å². The Morgan fingerprint density at radius 2 is 1.97 bits per heavy atom. The zero-order chi connectivity index (χ0) is 20.3. The van der Waals surface area contributed by atoms with Gasteiger partial charge in [0.05, 0.1) is 18.1 Å². The molecule has 0 amide bonds. The van der Waals surface area contributed by atoms with E-state index in [-0.39, 0.29) is 5.41 Å². The zero-order valence-electron chi connectivity index (χ0n) is 18.2. The average Bonchev–Trinajstić information content (AvgIpc) is 3.32. The third-order valence-corrected chi connectivity index (χ3v) is 11.6. The van der Waals surface area contributed by atoms with Crippen LogP contribution < -0.4 is 5.73 Å². The van der Waals surface area contributed by atoms with Crippen LogP contribution >= 0.6 is 11.8 Å². The van der Waals surface area contributed by atoms with Crippen LogP contribution in [0.3, 0.4) is 0 Å². The van der Waals surface area contributed by atoms with Crippen molar-refractivity contribution in [3.05, 3.63) is 24.2 Å². The van der Waals surface area contributed by atoms with Crippen LogP contribution in [-0.2, 0) is 0 Å². The van der Waals surface area contributed by atoms with Crippen molar-refractivity contribution in [3.63, 3.8) is 0 Å². The number of rotatable bonds is 4. The van der Waals surface area contributed by atoms with Gasteiger partial charge in [-0.05, 0) is 98.5 Å². The van der Waals surface area contributed by atoms with Crippen LogP contribution in [0.15, 0.2) is 23.0 Å². The van der Waals surface area contributed by atoms with Crippen molar-refractivity contribution < 1.29 is 9.52 Å². The first-order valence-electron chi connectivity index (χ1n) is 12.0. The van der Waals surface area contributed by atoms with Crippen LogP contribution in [-0.4, -0.2) is 28.3 Å². The number of fused-ring (bicyclic) bond motifs is 5. The molecular weight excluding hydrogens is 378 g/mol. The molecule has 1 heterocycles. The number of aliphatic hydroxyl groups is 1. The molecule has 0 radical (unpaired) electrons. The molecule has 1 aromatic heterocycles. The topological polar surface area (TPSA) is 59.4 Å². The molecule has 0 spiro atoms. The molecule has 1 aromatic rings. The van der Waals surface area contributed by atoms with E-state index in [0.29, 0.717) is 23.2 Å². The summed E-state index contributed by atoms with van der Waals surface area (Å²) in [4.78, 5) is 0. The first-order valence-corrected chi connectivity index (χ1v) is 13.0. The minimum absolute atomic E-state index is 0.00455. The Hall–Kier alpha value is -0.450. The second-order valence-corrected chi connectivity index (χ2v) is 12.5. The van der Waals surface area contributed by atoms with E-state index >= 15 is 0 Å². The minimum atomic E-state index is -0.503. The third-order valence-electron chi connectivity index (χ3n) is 10.2. The third kappa shape index (κ3) is 2.91. The molecule has 8 atom stereocenters. The van der Waals surface area contributed by atoms with Gasteiger partial charge >= 0.3 is 0 Å². The largest absolute Gasteiger partial charge is 0.472 e. The fourth-order valence-electron chi connectivity index (χ4n) is 8.58. The van der Waals surface area contributed by atoms with Gasteiger partial charge in [-0.1, -0.05) is 13.8 Å². The fourth-order valence-corrected chi connectivity index (χ4v) is 9.70. The number of hydrogen-bond acceptors (Lipinski definition) is 4. The van der Waals surface area contributed by atoms with E-state index in [1.807, 2.05) is 6.26 Å². The Morgan fingerprint density at radius 1 is 1.10 bits per heavy atom. The van der Waals surface area contributed by atoms with Crippen LogP contribution in [0.1, 0.15) is 83.1 Å². The molecule has 0 saturated heterocycles. The Kier molecular flexibility index (Phi) is 5.15. The summed E-state index contributed by atoms with van der Waals surface area (Å²) in [5.74, 6) is 3.57. The van der Waals surface area contributed by atoms with Gasteiger partial charge in [-0.25, -0.2) is 0 Å². The lowest BCUT2D eigenvalue weighted by Crippen LogP contribution is -2.61. The van der Waals surface area contributed by atoms with Gasteiger partial charge < -0.3 is 15.3 Å². The smallest absolute Gasteiger partial charge is 0.0937 e. The Bertz CT molecular complexity index is 722. The van der Waals surface area contributed by atoms with E-state index in [1.54, 1.807) is 6.26 Å². The van der Waals surface area contributed by atoms with Crippen molar-refractivity contribution in [1.29, 1.82) is 0 Å². The van der Waals surface area contributed by atoms with Crippen molar-refractivity contribution in [2.24, 2.45) is 34.3 Å². The lowest BCUT2D eigenvalue weighted by Gasteiger charge is -2.63. The predicted molar refractivity (Wildman–Crippen MR) is 120 cm³/mol. The summed E-state index contributed by atoms with van der Waals surface area (Å²) >= 11 is 2.11. The van der Waals surface area contributed by atoms with Crippen molar-refractivity contribution in [2.75, 3.05) is 12.3 Å². The van der Waals surface area contributed by atoms with Crippen LogP contribution in [0.25, 0.3) is 0 Å². The Balaban J connectivity index is 1.39. The maximum atomic E-state index is 12.3. The van der Waals surface area contributed by atoms with Gasteiger partial charge in [0.15, 0.2) is 0 Å². The van der Waals surface area contributed by atoms with Gasteiger partial charge in [-0.3, -0.25) is 0 Å². The second-order valence-electron chi connectivity index (χ2n) is 11.1. The Morgan fingerprint density at radius 3 is 2.72 bits per heavy atom. The van der Waals surface area contributed by atoms with Gasteiger partial charge in [0.2, 0.25) is 0 Å². The van der Waals surface area contributed by atoms with Crippen LogP contribution in [0.5, 0.6) is 0 Å². The molecule has 4 aliphatic rings. The van der Waals surface area contributed by atoms with E-state index in [0.717, 1.165) is 42.7 Å². The molecule has 29 heavy (non-hydrogen) atoms. The monoisotopic (exact) mass is 417 g/mol. The molecule has 4 heteroatoms. The summed E-state index contributed by atoms with van der Waals surface area (Å²) in [6.07, 6.45) is 14.9. The minimum Gasteiger partial charge on any atom is -0.472 e. The molecule has 0 aromatic carbocycles. The van der Waals surface area contributed by atoms with Gasteiger partial charge in [0.25, 0.3) is 0 Å². The van der Waals surface area contributed by atoms with E-state index in [1.165, 1.54) is 44.1 Å². The molecule has 4 aliphatic carbocycles. The van der Waals surface area contributed by atoms with Crippen LogP contribution in [0.2, 0.25) is 0 Å². The summed E-state index contributed by atoms with van der Waals surface area (Å²) in [7, 11) is 0. The van der Waals surface area contributed by atoms with E-state index in [2.05, 4.69) is 31.7 Å². The SMILES string of the molecule is C[C@]12CCC(SCCN)CC1CC[C@@H]1[C@H]2CC[C@]2(C)C(c3ccoc3)CC[C@@]12O. The number of furan rings is 1. The standard InChI is InChI=1S/C25H39NO2S/c1-23-9-5-19(29-14-12-26)15-18(23)3-4-22-21(23)6-10-24(2)20(7-11-25(22,24)27)17-8-13-28-16-17/h8,13,16,18-22,27H,3-7,9-12,14-15,26H2,1-2H3/t18?,19?,20?,21-,22-,23+,24-,25-/m1/s1. The highest BCUT2D eigenvalue weighted by atomic mass is 32.2. The molecule has 4 saturated carbocycles.